The minimum absolute atomic E-state index is 0.140. The Morgan fingerprint density at radius 2 is 1.18 bits per heavy atom. The average molecular weight is 575 g/mol. The van der Waals surface area contributed by atoms with Crippen LogP contribution in [-0.2, 0) is 0 Å². The molecule has 0 aromatic heterocycles. The molecule has 3 heteroatoms. The number of hydrogen-bond acceptors (Lipinski definition) is 2. The van der Waals surface area contributed by atoms with Crippen LogP contribution in [0.4, 0.5) is 34.1 Å². The first-order chi connectivity index (χ1) is 22.2. The van der Waals surface area contributed by atoms with Crippen LogP contribution in [-0.4, -0.2) is 6.71 Å². The molecule has 0 fully saturated rings. The summed E-state index contributed by atoms with van der Waals surface area (Å²) in [5.74, 6) is 0. The maximum Gasteiger partial charge on any atom is 0.248 e. The summed E-state index contributed by atoms with van der Waals surface area (Å²) in [4.78, 5) is 4.86. The lowest BCUT2D eigenvalue weighted by Crippen LogP contribution is -2.59. The summed E-state index contributed by atoms with van der Waals surface area (Å²) >= 11 is 0. The topological polar surface area (TPSA) is 6.48 Å². The zero-order chi connectivity index (χ0) is 30.1. The van der Waals surface area contributed by atoms with E-state index in [0.717, 1.165) is 11.4 Å². The fraction of sp³-hybridized carbons (Fsp3) is 0.0476. The molecule has 2 aliphatic heterocycles. The predicted molar refractivity (Wildman–Crippen MR) is 193 cm³/mol. The molecule has 0 saturated heterocycles. The molecule has 0 aliphatic carbocycles. The van der Waals surface area contributed by atoms with Crippen molar-refractivity contribution in [2.45, 2.75) is 13.8 Å². The quantitative estimate of drug-likeness (QED) is 0.193. The van der Waals surface area contributed by atoms with Gasteiger partial charge in [0.2, 0.25) is 6.71 Å². The molecule has 7 aromatic carbocycles. The van der Waals surface area contributed by atoms with Gasteiger partial charge >= 0.3 is 0 Å². The third-order valence-corrected chi connectivity index (χ3v) is 9.56. The van der Waals surface area contributed by atoms with Crippen LogP contribution >= 0.6 is 0 Å². The Morgan fingerprint density at radius 3 is 1.91 bits per heavy atom. The minimum Gasteiger partial charge on any atom is -0.312 e. The molecular weight excluding hydrogens is 543 g/mol. The van der Waals surface area contributed by atoms with E-state index in [2.05, 4.69) is 175 Å². The van der Waals surface area contributed by atoms with Crippen LogP contribution in [0, 0.1) is 13.8 Å². The molecule has 0 radical (unpaired) electrons. The van der Waals surface area contributed by atoms with Gasteiger partial charge in [0.1, 0.15) is 0 Å². The number of anilines is 6. The SMILES string of the molecule is Cc1ccc(N2c3ccc(C)cc3B3c4c(cccc42)-c2cccc4c(N(c5ccccc5)c5ccccc5)ccc3c24)cc1. The highest BCUT2D eigenvalue weighted by molar-refractivity contribution is 7.01. The van der Waals surface area contributed by atoms with Crippen molar-refractivity contribution in [3.63, 3.8) is 0 Å². The summed E-state index contributed by atoms with van der Waals surface area (Å²) in [5.41, 5.74) is 16.5. The van der Waals surface area contributed by atoms with E-state index in [4.69, 9.17) is 0 Å². The van der Waals surface area contributed by atoms with Crippen LogP contribution in [0.5, 0.6) is 0 Å². The lowest BCUT2D eigenvalue weighted by atomic mass is 9.32. The van der Waals surface area contributed by atoms with Gasteiger partial charge in [0, 0.05) is 33.8 Å². The van der Waals surface area contributed by atoms with E-state index in [0.29, 0.717) is 0 Å². The van der Waals surface area contributed by atoms with E-state index >= 15 is 0 Å². The zero-order valence-corrected chi connectivity index (χ0v) is 25.4. The molecule has 0 saturated carbocycles. The Hall–Kier alpha value is -5.54. The van der Waals surface area contributed by atoms with Crippen LogP contribution in [0.2, 0.25) is 0 Å². The second-order valence-corrected chi connectivity index (χ2v) is 12.3. The maximum atomic E-state index is 2.47. The van der Waals surface area contributed by atoms with Gasteiger partial charge in [-0.1, -0.05) is 114 Å². The number of benzene rings is 7. The summed E-state index contributed by atoms with van der Waals surface area (Å²) in [5, 5.41) is 2.61. The summed E-state index contributed by atoms with van der Waals surface area (Å²) < 4.78 is 0. The Balaban J connectivity index is 1.35. The molecule has 7 aromatic rings. The van der Waals surface area contributed by atoms with Gasteiger partial charge in [-0.3, -0.25) is 0 Å². The fourth-order valence-corrected chi connectivity index (χ4v) is 7.64. The van der Waals surface area contributed by atoms with Gasteiger partial charge in [-0.05, 0) is 95.9 Å². The molecule has 2 nitrogen and oxygen atoms in total. The molecule has 2 heterocycles. The fourth-order valence-electron chi connectivity index (χ4n) is 7.64. The van der Waals surface area contributed by atoms with Crippen molar-refractivity contribution in [1.82, 2.24) is 0 Å². The normalized spacial score (nSPS) is 12.6. The molecule has 0 atom stereocenters. The van der Waals surface area contributed by atoms with Gasteiger partial charge < -0.3 is 9.80 Å². The first-order valence-electron chi connectivity index (χ1n) is 15.7. The minimum atomic E-state index is 0.140. The van der Waals surface area contributed by atoms with Crippen molar-refractivity contribution >= 4 is 68.0 Å². The number of para-hydroxylation sites is 2. The highest BCUT2D eigenvalue weighted by Crippen LogP contribution is 2.45. The lowest BCUT2D eigenvalue weighted by molar-refractivity contribution is 1.28. The largest absolute Gasteiger partial charge is 0.312 e. The molecule has 45 heavy (non-hydrogen) atoms. The Morgan fingerprint density at radius 1 is 0.511 bits per heavy atom. The van der Waals surface area contributed by atoms with E-state index in [-0.39, 0.29) is 6.71 Å². The van der Waals surface area contributed by atoms with Gasteiger partial charge in [0.15, 0.2) is 0 Å². The molecule has 9 rings (SSSR count). The second-order valence-electron chi connectivity index (χ2n) is 12.3. The Labute approximate surface area is 264 Å². The van der Waals surface area contributed by atoms with Gasteiger partial charge in [-0.25, -0.2) is 0 Å². The van der Waals surface area contributed by atoms with E-state index < -0.39 is 0 Å². The standard InChI is InChI=1S/C42H31BN2/c1-28-19-22-32(23-20-28)45-39-25-21-29(2)27-37(39)43-36-24-26-38(44(30-11-5-3-6-12-30)31-13-7-4-8-14-31)35-17-9-15-33(41(35)36)34-16-10-18-40(45)42(34)43/h3-27H,1-2H3. The van der Waals surface area contributed by atoms with Gasteiger partial charge in [-0.15, -0.1) is 0 Å². The van der Waals surface area contributed by atoms with Crippen molar-refractivity contribution < 1.29 is 0 Å². The van der Waals surface area contributed by atoms with E-state index in [1.54, 1.807) is 0 Å². The number of nitrogens with zero attached hydrogens (tertiary/aromatic N) is 2. The van der Waals surface area contributed by atoms with E-state index in [1.165, 1.54) is 72.2 Å². The van der Waals surface area contributed by atoms with Gasteiger partial charge in [-0.2, -0.15) is 0 Å². The van der Waals surface area contributed by atoms with Crippen LogP contribution in [0.1, 0.15) is 11.1 Å². The number of hydrogen-bond donors (Lipinski definition) is 0. The van der Waals surface area contributed by atoms with Crippen molar-refractivity contribution in [1.29, 1.82) is 0 Å². The molecular formula is C42H31BN2. The van der Waals surface area contributed by atoms with Crippen LogP contribution < -0.4 is 26.2 Å². The predicted octanol–water partition coefficient (Wildman–Crippen LogP) is 9.21. The van der Waals surface area contributed by atoms with Crippen molar-refractivity contribution in [2.24, 2.45) is 0 Å². The van der Waals surface area contributed by atoms with Crippen molar-refractivity contribution in [3.05, 3.63) is 163 Å². The average Bonchev–Trinajstić information content (AvgIpc) is 3.09. The lowest BCUT2D eigenvalue weighted by Gasteiger charge is -2.41. The van der Waals surface area contributed by atoms with E-state index in [9.17, 15) is 0 Å². The van der Waals surface area contributed by atoms with E-state index in [1.807, 2.05) is 0 Å². The number of fused-ring (bicyclic) bond motifs is 4. The summed E-state index contributed by atoms with van der Waals surface area (Å²) in [7, 11) is 0. The summed E-state index contributed by atoms with van der Waals surface area (Å²) in [6.45, 7) is 4.51. The number of aryl methyl sites for hydroxylation is 2. The zero-order valence-electron chi connectivity index (χ0n) is 25.4. The second kappa shape index (κ2) is 10.0. The molecule has 0 N–H and O–H groups in total. The monoisotopic (exact) mass is 574 g/mol. The molecule has 0 bridgehead atoms. The van der Waals surface area contributed by atoms with Crippen molar-refractivity contribution in [3.8, 4) is 11.1 Å². The summed E-state index contributed by atoms with van der Waals surface area (Å²) in [6.07, 6.45) is 0. The highest BCUT2D eigenvalue weighted by atomic mass is 15.2. The van der Waals surface area contributed by atoms with Crippen LogP contribution in [0.3, 0.4) is 0 Å². The maximum absolute atomic E-state index is 2.47. The van der Waals surface area contributed by atoms with Crippen LogP contribution in [0.25, 0.3) is 21.9 Å². The smallest absolute Gasteiger partial charge is 0.248 e. The third kappa shape index (κ3) is 3.90. The number of rotatable bonds is 4. The first-order valence-corrected chi connectivity index (χ1v) is 15.7. The van der Waals surface area contributed by atoms with Crippen molar-refractivity contribution in [2.75, 3.05) is 9.80 Å². The highest BCUT2D eigenvalue weighted by Gasteiger charge is 2.41. The van der Waals surface area contributed by atoms with Crippen LogP contribution in [0.15, 0.2) is 152 Å². The molecule has 212 valence electrons. The first kappa shape index (κ1) is 25.9. The Bertz CT molecular complexity index is 2200. The molecule has 0 amide bonds. The third-order valence-electron chi connectivity index (χ3n) is 9.56. The molecule has 0 unspecified atom stereocenters. The molecule has 2 aliphatic rings. The molecule has 0 spiro atoms. The van der Waals surface area contributed by atoms with Gasteiger partial charge in [0.25, 0.3) is 0 Å². The van der Waals surface area contributed by atoms with Gasteiger partial charge in [0.05, 0.1) is 5.69 Å². The Kier molecular flexibility index (Phi) is 5.76. The summed E-state index contributed by atoms with van der Waals surface area (Å²) in [6, 6.07) is 55.8.